The van der Waals surface area contributed by atoms with Crippen LogP contribution in [0, 0.1) is 11.7 Å². The molecule has 168 valence electrons. The molecule has 1 saturated heterocycles. The fourth-order valence-corrected chi connectivity index (χ4v) is 5.33. The Morgan fingerprint density at radius 2 is 1.90 bits per heavy atom. The number of carbonyl (C=O) groups excluding carboxylic acids is 1. The predicted molar refractivity (Wildman–Crippen MR) is 114 cm³/mol. The molecule has 1 aliphatic heterocycles. The van der Waals surface area contributed by atoms with Gasteiger partial charge in [0.1, 0.15) is 11.4 Å². The van der Waals surface area contributed by atoms with Crippen molar-refractivity contribution in [2.24, 2.45) is 5.92 Å². The van der Waals surface area contributed by atoms with E-state index in [1.807, 2.05) is 4.90 Å². The lowest BCUT2D eigenvalue weighted by molar-refractivity contribution is -0.0715. The van der Waals surface area contributed by atoms with Gasteiger partial charge in [-0.25, -0.2) is 22.3 Å². The zero-order chi connectivity index (χ0) is 21.8. The molecule has 1 aromatic carbocycles. The van der Waals surface area contributed by atoms with Crippen molar-refractivity contribution in [3.05, 3.63) is 35.6 Å². The van der Waals surface area contributed by atoms with Gasteiger partial charge in [0.2, 0.25) is 10.0 Å². The number of nitrogens with one attached hydrogen (secondary N) is 1. The molecule has 2 atom stereocenters. The van der Waals surface area contributed by atoms with Crippen molar-refractivity contribution in [2.75, 3.05) is 19.3 Å². The van der Waals surface area contributed by atoms with Gasteiger partial charge in [-0.15, -0.1) is 0 Å². The van der Waals surface area contributed by atoms with Crippen LogP contribution < -0.4 is 4.72 Å². The number of hydrogen-bond acceptors (Lipinski definition) is 4. The lowest BCUT2D eigenvalue weighted by atomic mass is 9.82. The van der Waals surface area contributed by atoms with Crippen LogP contribution in [0.25, 0.3) is 0 Å². The lowest BCUT2D eigenvalue weighted by Crippen LogP contribution is -2.53. The minimum absolute atomic E-state index is 0.135. The summed E-state index contributed by atoms with van der Waals surface area (Å²) in [5.41, 5.74) is -0.117. The molecule has 0 unspecified atom stereocenters. The second-order valence-corrected chi connectivity index (χ2v) is 10.6. The van der Waals surface area contributed by atoms with Crippen molar-refractivity contribution >= 4 is 16.1 Å². The van der Waals surface area contributed by atoms with E-state index in [9.17, 15) is 17.6 Å². The molecule has 2 fully saturated rings. The van der Waals surface area contributed by atoms with Crippen molar-refractivity contribution < 1.29 is 22.3 Å². The molecule has 1 aromatic rings. The molecule has 0 radical (unpaired) electrons. The van der Waals surface area contributed by atoms with Crippen LogP contribution >= 0.6 is 0 Å². The van der Waals surface area contributed by atoms with E-state index in [0.717, 1.165) is 24.7 Å². The average Bonchev–Trinajstić information content (AvgIpc) is 2.71. The first kappa shape index (κ1) is 23.0. The van der Waals surface area contributed by atoms with Crippen LogP contribution in [-0.4, -0.2) is 44.8 Å². The van der Waals surface area contributed by atoms with Gasteiger partial charge in [-0.2, -0.15) is 0 Å². The van der Waals surface area contributed by atoms with Gasteiger partial charge in [0, 0.05) is 25.6 Å². The van der Waals surface area contributed by atoms with E-state index in [2.05, 4.69) is 11.6 Å². The highest BCUT2D eigenvalue weighted by molar-refractivity contribution is 7.88. The molecule has 6 nitrogen and oxygen atoms in total. The van der Waals surface area contributed by atoms with Gasteiger partial charge in [0.15, 0.2) is 0 Å². The number of sulfonamides is 1. The highest BCUT2D eigenvalue weighted by Crippen LogP contribution is 2.40. The summed E-state index contributed by atoms with van der Waals surface area (Å²) < 4.78 is 44.7. The highest BCUT2D eigenvalue weighted by atomic mass is 32.2. The van der Waals surface area contributed by atoms with Crippen LogP contribution in [0.15, 0.2) is 24.3 Å². The Morgan fingerprint density at radius 1 is 1.23 bits per heavy atom. The quantitative estimate of drug-likeness (QED) is 0.616. The fraction of sp³-hybridized carbons (Fsp3) is 0.682. The minimum atomic E-state index is -3.28. The first-order valence-electron chi connectivity index (χ1n) is 10.9. The number of benzene rings is 1. The van der Waals surface area contributed by atoms with Gasteiger partial charge in [-0.3, -0.25) is 0 Å². The van der Waals surface area contributed by atoms with Gasteiger partial charge >= 0.3 is 6.09 Å². The van der Waals surface area contributed by atoms with Crippen molar-refractivity contribution in [2.45, 2.75) is 69.9 Å². The number of carbonyl (C=O) groups is 1. The van der Waals surface area contributed by atoms with E-state index < -0.39 is 15.6 Å². The van der Waals surface area contributed by atoms with Crippen LogP contribution in [0.4, 0.5) is 9.18 Å². The molecule has 3 rings (SSSR count). The Hall–Kier alpha value is -1.67. The predicted octanol–water partition coefficient (Wildman–Crippen LogP) is 4.16. The third-order valence-electron chi connectivity index (χ3n) is 6.59. The van der Waals surface area contributed by atoms with Gasteiger partial charge < -0.3 is 9.64 Å². The monoisotopic (exact) mass is 440 g/mol. The van der Waals surface area contributed by atoms with E-state index in [4.69, 9.17) is 4.74 Å². The Bertz CT molecular complexity index is 824. The fourth-order valence-electron chi connectivity index (χ4n) is 4.82. The summed E-state index contributed by atoms with van der Waals surface area (Å²) in [4.78, 5) is 14.9. The standard InChI is InChI=1S/C22H33FN2O4S/c1-17(18-7-4-3-5-8-18)25-16-14-22(29-21(25)26,13-6-15-24-30(2,27)28)19-9-11-20(23)12-10-19/h9-12,17-18,24H,3-8,13-16H2,1-2H3/t17-,22-/m0/s1. The topological polar surface area (TPSA) is 75.7 Å². The van der Waals surface area contributed by atoms with E-state index in [1.165, 1.54) is 31.4 Å². The number of amides is 1. The lowest BCUT2D eigenvalue weighted by Gasteiger charge is -2.45. The molecule has 8 heteroatoms. The molecule has 2 aliphatic rings. The van der Waals surface area contributed by atoms with Gasteiger partial charge in [-0.1, -0.05) is 31.4 Å². The Kier molecular flexibility index (Phi) is 7.39. The number of halogens is 1. The van der Waals surface area contributed by atoms with Gasteiger partial charge in [0.25, 0.3) is 0 Å². The van der Waals surface area contributed by atoms with Crippen LogP contribution in [0.1, 0.15) is 63.9 Å². The molecule has 0 bridgehead atoms. The molecule has 30 heavy (non-hydrogen) atoms. The average molecular weight is 441 g/mol. The molecule has 1 aliphatic carbocycles. The van der Waals surface area contributed by atoms with Gasteiger partial charge in [-0.05, 0) is 56.2 Å². The van der Waals surface area contributed by atoms with Gasteiger partial charge in [0.05, 0.1) is 6.26 Å². The molecule has 1 N–H and O–H groups in total. The largest absolute Gasteiger partial charge is 0.438 e. The minimum Gasteiger partial charge on any atom is -0.438 e. The zero-order valence-electron chi connectivity index (χ0n) is 17.9. The maximum Gasteiger partial charge on any atom is 0.410 e. The number of rotatable bonds is 8. The number of hydrogen-bond donors (Lipinski definition) is 1. The summed E-state index contributed by atoms with van der Waals surface area (Å²) in [5, 5.41) is 0. The first-order valence-corrected chi connectivity index (χ1v) is 12.8. The van der Waals surface area contributed by atoms with E-state index >= 15 is 0 Å². The molecular weight excluding hydrogens is 407 g/mol. The van der Waals surface area contributed by atoms with Crippen molar-refractivity contribution in [3.8, 4) is 0 Å². The Balaban J connectivity index is 1.73. The smallest absolute Gasteiger partial charge is 0.410 e. The summed E-state index contributed by atoms with van der Waals surface area (Å²) in [6.07, 6.45) is 8.34. The molecule has 0 aromatic heterocycles. The first-order chi connectivity index (χ1) is 14.2. The zero-order valence-corrected chi connectivity index (χ0v) is 18.7. The Morgan fingerprint density at radius 3 is 2.50 bits per heavy atom. The normalized spacial score (nSPS) is 24.5. The van der Waals surface area contributed by atoms with E-state index in [1.54, 1.807) is 12.1 Å². The van der Waals surface area contributed by atoms with Crippen LogP contribution in [-0.2, 0) is 20.4 Å². The summed E-state index contributed by atoms with van der Waals surface area (Å²) in [6.45, 7) is 2.95. The van der Waals surface area contributed by atoms with Crippen LogP contribution in [0.5, 0.6) is 0 Å². The molecule has 1 amide bonds. The van der Waals surface area contributed by atoms with Crippen LogP contribution in [0.2, 0.25) is 0 Å². The molecule has 0 spiro atoms. The summed E-state index contributed by atoms with van der Waals surface area (Å²) >= 11 is 0. The molecule has 1 heterocycles. The number of nitrogens with zero attached hydrogens (tertiary/aromatic N) is 1. The third-order valence-corrected chi connectivity index (χ3v) is 7.32. The van der Waals surface area contributed by atoms with Crippen molar-refractivity contribution in [1.82, 2.24) is 9.62 Å². The van der Waals surface area contributed by atoms with Crippen molar-refractivity contribution in [3.63, 3.8) is 0 Å². The van der Waals surface area contributed by atoms with Crippen molar-refractivity contribution in [1.29, 1.82) is 0 Å². The highest BCUT2D eigenvalue weighted by Gasteiger charge is 2.44. The number of ether oxygens (including phenoxy) is 1. The number of cyclic esters (lactones) is 1. The molecule has 1 saturated carbocycles. The molecular formula is C22H33FN2O4S. The summed E-state index contributed by atoms with van der Waals surface area (Å²) in [5.74, 6) is 0.158. The van der Waals surface area contributed by atoms with Crippen LogP contribution in [0.3, 0.4) is 0 Å². The maximum absolute atomic E-state index is 13.5. The second-order valence-electron chi connectivity index (χ2n) is 8.72. The second kappa shape index (κ2) is 9.64. The SMILES string of the molecule is C[C@@H](C1CCCCC1)N1CC[C@@](CCCNS(C)(=O)=O)(c2ccc(F)cc2)OC1=O. The summed E-state index contributed by atoms with van der Waals surface area (Å²) in [7, 11) is -3.28. The Labute approximate surface area is 179 Å². The third kappa shape index (κ3) is 5.72. The maximum atomic E-state index is 13.5. The van der Waals surface area contributed by atoms with E-state index in [0.29, 0.717) is 31.7 Å². The summed E-state index contributed by atoms with van der Waals surface area (Å²) in [6, 6.07) is 6.20. The van der Waals surface area contributed by atoms with E-state index in [-0.39, 0.29) is 24.5 Å².